The predicted molar refractivity (Wildman–Crippen MR) is 99.2 cm³/mol. The second kappa shape index (κ2) is 5.40. The van der Waals surface area contributed by atoms with E-state index in [9.17, 15) is 14.4 Å². The van der Waals surface area contributed by atoms with E-state index < -0.39 is 0 Å². The van der Waals surface area contributed by atoms with E-state index in [-0.39, 0.29) is 47.9 Å². The van der Waals surface area contributed by atoms with Gasteiger partial charge in [-0.2, -0.15) is 0 Å². The molecule has 0 radical (unpaired) electrons. The van der Waals surface area contributed by atoms with Gasteiger partial charge in [-0.1, -0.05) is 24.3 Å². The molecular weight excluding hydrogens is 431 g/mol. The second-order valence-electron chi connectivity index (χ2n) is 7.45. The third kappa shape index (κ3) is 2.22. The van der Waals surface area contributed by atoms with Gasteiger partial charge < -0.3 is 5.32 Å². The summed E-state index contributed by atoms with van der Waals surface area (Å²) in [5, 5.41) is 2.81. The Hall–Kier alpha value is -1.70. The summed E-state index contributed by atoms with van der Waals surface area (Å²) >= 11 is 2.14. The number of anilines is 1. The highest BCUT2D eigenvalue weighted by Gasteiger charge is 2.67. The van der Waals surface area contributed by atoms with Crippen molar-refractivity contribution in [2.24, 2.45) is 35.5 Å². The topological polar surface area (TPSA) is 66.5 Å². The van der Waals surface area contributed by atoms with E-state index in [4.69, 9.17) is 0 Å². The fourth-order valence-corrected chi connectivity index (χ4v) is 5.59. The fraction of sp³-hybridized carbons (Fsp3) is 0.421. The molecule has 3 amide bonds. The molecule has 3 fully saturated rings. The normalized spacial score (nSPS) is 37.1. The molecule has 1 heterocycles. The number of hydrogen-bond acceptors (Lipinski definition) is 3. The molecule has 2 saturated carbocycles. The number of likely N-dealkylation sites (tertiary alicyclic amines) is 1. The molecule has 128 valence electrons. The lowest BCUT2D eigenvalue weighted by atomic mass is 9.63. The largest absolute Gasteiger partial charge is 0.324 e. The standard InChI is InChI=1S/C19H17IN2O3/c20-13-3-1-2-4-14(13)21-15(23)8-22-18(24)16-9-5-6-10(12-7-11(9)12)17(16)19(22)25/h1-6,9-12,16-17H,7-8H2,(H,21,23)/t9-,10-,11-,12+,16+,17+/m0/s1. The zero-order chi connectivity index (χ0) is 17.3. The highest BCUT2D eigenvalue weighted by molar-refractivity contribution is 14.1. The fourth-order valence-electron chi connectivity index (χ4n) is 5.07. The number of nitrogens with zero attached hydrogens (tertiary/aromatic N) is 1. The molecule has 1 aromatic rings. The minimum absolute atomic E-state index is 0.155. The molecule has 1 aliphatic heterocycles. The van der Waals surface area contributed by atoms with Crippen LogP contribution < -0.4 is 5.32 Å². The summed E-state index contributed by atoms with van der Waals surface area (Å²) in [5.74, 6) is 0.427. The summed E-state index contributed by atoms with van der Waals surface area (Å²) in [4.78, 5) is 39.3. The zero-order valence-corrected chi connectivity index (χ0v) is 15.5. The molecular formula is C19H17IN2O3. The van der Waals surface area contributed by atoms with Crippen LogP contribution in [0.25, 0.3) is 0 Å². The molecule has 4 aliphatic carbocycles. The molecule has 6 atom stereocenters. The van der Waals surface area contributed by atoms with Crippen molar-refractivity contribution < 1.29 is 14.4 Å². The molecule has 0 spiro atoms. The first-order chi connectivity index (χ1) is 12.1. The van der Waals surface area contributed by atoms with Crippen molar-refractivity contribution in [1.82, 2.24) is 4.90 Å². The van der Waals surface area contributed by atoms with Crippen LogP contribution >= 0.6 is 22.6 Å². The Morgan fingerprint density at radius 1 is 1.08 bits per heavy atom. The van der Waals surface area contributed by atoms with E-state index >= 15 is 0 Å². The molecule has 6 heteroatoms. The maximum Gasteiger partial charge on any atom is 0.244 e. The van der Waals surface area contributed by atoms with Crippen LogP contribution in [0.4, 0.5) is 5.69 Å². The summed E-state index contributed by atoms with van der Waals surface area (Å²) in [6.07, 6.45) is 5.42. The molecule has 5 nitrogen and oxygen atoms in total. The van der Waals surface area contributed by atoms with Gasteiger partial charge in [0.05, 0.1) is 17.5 Å². The lowest BCUT2D eigenvalue weighted by molar-refractivity contribution is -0.142. The smallest absolute Gasteiger partial charge is 0.244 e. The maximum absolute atomic E-state index is 12.8. The Morgan fingerprint density at radius 2 is 1.68 bits per heavy atom. The van der Waals surface area contributed by atoms with Gasteiger partial charge in [0.1, 0.15) is 6.54 Å². The van der Waals surface area contributed by atoms with Crippen LogP contribution in [0.1, 0.15) is 6.42 Å². The van der Waals surface area contributed by atoms with E-state index in [1.54, 1.807) is 0 Å². The number of hydrogen-bond donors (Lipinski definition) is 1. The van der Waals surface area contributed by atoms with E-state index in [1.165, 1.54) is 4.90 Å². The highest BCUT2D eigenvalue weighted by Crippen LogP contribution is 2.65. The summed E-state index contributed by atoms with van der Waals surface area (Å²) < 4.78 is 0.920. The van der Waals surface area contributed by atoms with Crippen molar-refractivity contribution in [3.63, 3.8) is 0 Å². The zero-order valence-electron chi connectivity index (χ0n) is 13.4. The number of carbonyl (C=O) groups is 3. The van der Waals surface area contributed by atoms with E-state index in [2.05, 4.69) is 40.1 Å². The number of rotatable bonds is 3. The van der Waals surface area contributed by atoms with Crippen LogP contribution in [0.2, 0.25) is 0 Å². The number of imide groups is 1. The number of allylic oxidation sites excluding steroid dienone is 2. The third-order valence-corrected chi connectivity index (χ3v) is 7.14. The number of benzene rings is 1. The van der Waals surface area contributed by atoms with Gasteiger partial charge in [-0.05, 0) is 64.8 Å². The molecule has 25 heavy (non-hydrogen) atoms. The highest BCUT2D eigenvalue weighted by atomic mass is 127. The Bertz CT molecular complexity index is 800. The second-order valence-corrected chi connectivity index (χ2v) is 8.61. The number of halogens is 1. The van der Waals surface area contributed by atoms with Crippen molar-refractivity contribution in [2.75, 3.05) is 11.9 Å². The Morgan fingerprint density at radius 3 is 2.28 bits per heavy atom. The molecule has 0 aromatic heterocycles. The van der Waals surface area contributed by atoms with Gasteiger partial charge in [0.25, 0.3) is 0 Å². The quantitative estimate of drug-likeness (QED) is 0.439. The average Bonchev–Trinajstić information content (AvgIpc) is 3.38. The van der Waals surface area contributed by atoms with Crippen LogP contribution in [0.3, 0.4) is 0 Å². The average molecular weight is 448 g/mol. The lowest BCUT2D eigenvalue weighted by Crippen LogP contribution is -2.40. The van der Waals surface area contributed by atoms with E-state index in [0.29, 0.717) is 17.5 Å². The minimum atomic E-state index is -0.324. The summed E-state index contributed by atoms with van der Waals surface area (Å²) in [7, 11) is 0. The van der Waals surface area contributed by atoms with Gasteiger partial charge in [-0.25, -0.2) is 0 Å². The van der Waals surface area contributed by atoms with E-state index in [0.717, 1.165) is 9.99 Å². The van der Waals surface area contributed by atoms with Crippen molar-refractivity contribution in [3.8, 4) is 0 Å². The van der Waals surface area contributed by atoms with Crippen molar-refractivity contribution in [2.45, 2.75) is 6.42 Å². The van der Waals surface area contributed by atoms with Gasteiger partial charge in [0.2, 0.25) is 17.7 Å². The molecule has 1 aromatic carbocycles. The van der Waals surface area contributed by atoms with Crippen LogP contribution in [-0.2, 0) is 14.4 Å². The van der Waals surface area contributed by atoms with Crippen LogP contribution in [0, 0.1) is 39.1 Å². The van der Waals surface area contributed by atoms with Crippen molar-refractivity contribution >= 4 is 46.0 Å². The van der Waals surface area contributed by atoms with Crippen LogP contribution in [0.5, 0.6) is 0 Å². The van der Waals surface area contributed by atoms with Crippen LogP contribution in [-0.4, -0.2) is 29.2 Å². The molecule has 5 aliphatic rings. The first kappa shape index (κ1) is 15.5. The lowest BCUT2D eigenvalue weighted by Gasteiger charge is -2.37. The molecule has 0 unspecified atom stereocenters. The molecule has 6 rings (SSSR count). The van der Waals surface area contributed by atoms with Gasteiger partial charge in [-0.15, -0.1) is 0 Å². The maximum atomic E-state index is 12.8. The number of carbonyl (C=O) groups excluding carboxylic acids is 3. The third-order valence-electron chi connectivity index (χ3n) is 6.20. The van der Waals surface area contributed by atoms with Gasteiger partial charge in [-0.3, -0.25) is 19.3 Å². The monoisotopic (exact) mass is 448 g/mol. The summed E-state index contributed by atoms with van der Waals surface area (Å²) in [6.45, 7) is -0.190. The molecule has 2 bridgehead atoms. The SMILES string of the molecule is O=C(CN1C(=O)[C@@H]2[C@H]3C=C[C@@H]([C@@H]4C[C@H]34)[C@H]2C1=O)Nc1ccccc1I. The van der Waals surface area contributed by atoms with Crippen molar-refractivity contribution in [1.29, 1.82) is 0 Å². The van der Waals surface area contributed by atoms with Gasteiger partial charge >= 0.3 is 0 Å². The molecule has 1 N–H and O–H groups in total. The minimum Gasteiger partial charge on any atom is -0.324 e. The first-order valence-electron chi connectivity index (χ1n) is 8.64. The summed E-state index contributed by atoms with van der Waals surface area (Å²) in [5.41, 5.74) is 0.701. The van der Waals surface area contributed by atoms with Gasteiger partial charge in [0, 0.05) is 3.57 Å². The number of amides is 3. The molecule has 1 saturated heterocycles. The van der Waals surface area contributed by atoms with E-state index in [1.807, 2.05) is 24.3 Å². The Labute approximate surface area is 159 Å². The van der Waals surface area contributed by atoms with Crippen LogP contribution in [0.15, 0.2) is 36.4 Å². The Balaban J connectivity index is 1.34. The number of nitrogens with one attached hydrogen (secondary N) is 1. The van der Waals surface area contributed by atoms with Crippen molar-refractivity contribution in [3.05, 3.63) is 40.0 Å². The summed E-state index contributed by atoms with van der Waals surface area (Å²) in [6, 6.07) is 7.44. The number of para-hydroxylation sites is 1. The Kier molecular flexibility index (Phi) is 3.36. The predicted octanol–water partition coefficient (Wildman–Crippen LogP) is 2.28. The van der Waals surface area contributed by atoms with Gasteiger partial charge in [0.15, 0.2) is 0 Å². The first-order valence-corrected chi connectivity index (χ1v) is 9.72.